The summed E-state index contributed by atoms with van der Waals surface area (Å²) in [4.78, 5) is 45.3. The van der Waals surface area contributed by atoms with Crippen molar-refractivity contribution >= 4 is 22.7 Å². The summed E-state index contributed by atoms with van der Waals surface area (Å²) in [7, 11) is 1.53. The third kappa shape index (κ3) is 3.72. The van der Waals surface area contributed by atoms with Crippen LogP contribution in [0.15, 0.2) is 29.2 Å². The van der Waals surface area contributed by atoms with Crippen molar-refractivity contribution in [1.29, 1.82) is 0 Å². The first kappa shape index (κ1) is 19.4. The number of nitrogens with zero attached hydrogens (tertiary/aromatic N) is 2. The Hall–Kier alpha value is -2.87. The summed E-state index contributed by atoms with van der Waals surface area (Å²) in [6.45, 7) is 3.17. The number of benzene rings is 1. The molecule has 154 valence electrons. The molecule has 0 spiro atoms. The highest BCUT2D eigenvalue weighted by molar-refractivity contribution is 5.98. The molecule has 1 aromatic heterocycles. The molecule has 8 heteroatoms. The molecule has 4 rings (SSSR count). The van der Waals surface area contributed by atoms with Crippen molar-refractivity contribution in [2.45, 2.75) is 12.8 Å². The lowest BCUT2D eigenvalue weighted by Gasteiger charge is -2.36. The highest BCUT2D eigenvalue weighted by atomic mass is 16.5. The molecule has 1 atom stereocenters. The summed E-state index contributed by atoms with van der Waals surface area (Å²) >= 11 is 0. The molecule has 2 aliphatic rings. The normalized spacial score (nSPS) is 20.0. The molecule has 2 amide bonds. The van der Waals surface area contributed by atoms with Crippen LogP contribution in [0.1, 0.15) is 23.2 Å². The number of fused-ring (bicyclic) bond motifs is 1. The van der Waals surface area contributed by atoms with Crippen molar-refractivity contribution in [2.24, 2.45) is 5.92 Å². The molecular formula is C21H25N3O5. The molecule has 0 saturated carbocycles. The van der Waals surface area contributed by atoms with Crippen LogP contribution in [0.2, 0.25) is 0 Å². The van der Waals surface area contributed by atoms with E-state index >= 15 is 0 Å². The molecule has 0 radical (unpaired) electrons. The average Bonchev–Trinajstić information content (AvgIpc) is 2.79. The van der Waals surface area contributed by atoms with E-state index < -0.39 is 0 Å². The van der Waals surface area contributed by atoms with Crippen LogP contribution in [0.25, 0.3) is 10.9 Å². The third-order valence-corrected chi connectivity index (χ3v) is 5.71. The monoisotopic (exact) mass is 399 g/mol. The number of para-hydroxylation sites is 1. The second-order valence-electron chi connectivity index (χ2n) is 7.44. The molecule has 2 aromatic rings. The number of methoxy groups -OCH3 is 1. The van der Waals surface area contributed by atoms with Crippen LogP contribution in [0.5, 0.6) is 5.75 Å². The van der Waals surface area contributed by atoms with Crippen LogP contribution in [0.3, 0.4) is 0 Å². The minimum atomic E-state index is -0.338. The molecule has 2 saturated heterocycles. The average molecular weight is 399 g/mol. The summed E-state index contributed by atoms with van der Waals surface area (Å²) in [5.74, 6) is 0.0524. The van der Waals surface area contributed by atoms with Crippen molar-refractivity contribution in [3.8, 4) is 5.75 Å². The van der Waals surface area contributed by atoms with Gasteiger partial charge < -0.3 is 24.3 Å². The third-order valence-electron chi connectivity index (χ3n) is 5.71. The first-order chi connectivity index (χ1) is 14.1. The fraction of sp³-hybridized carbons (Fsp3) is 0.476. The number of carbonyl (C=O) groups excluding carboxylic acids is 2. The van der Waals surface area contributed by atoms with Gasteiger partial charge in [-0.3, -0.25) is 14.4 Å². The summed E-state index contributed by atoms with van der Waals surface area (Å²) < 4.78 is 10.6. The maximum Gasteiger partial charge on any atom is 0.259 e. The molecule has 1 N–H and O–H groups in total. The number of ether oxygens (including phenoxy) is 2. The minimum Gasteiger partial charge on any atom is -0.495 e. The Morgan fingerprint density at radius 1 is 1.17 bits per heavy atom. The van der Waals surface area contributed by atoms with Gasteiger partial charge in [0.05, 0.1) is 37.1 Å². The lowest BCUT2D eigenvalue weighted by atomic mass is 9.95. The first-order valence-corrected chi connectivity index (χ1v) is 9.94. The van der Waals surface area contributed by atoms with Gasteiger partial charge in [0.1, 0.15) is 11.3 Å². The Morgan fingerprint density at radius 2 is 1.97 bits per heavy atom. The van der Waals surface area contributed by atoms with Crippen molar-refractivity contribution in [1.82, 2.24) is 14.8 Å². The van der Waals surface area contributed by atoms with Gasteiger partial charge in [-0.05, 0) is 25.0 Å². The van der Waals surface area contributed by atoms with E-state index in [1.807, 2.05) is 4.90 Å². The number of pyridine rings is 1. The van der Waals surface area contributed by atoms with Gasteiger partial charge in [-0.1, -0.05) is 6.07 Å². The Kier molecular flexibility index (Phi) is 5.53. The molecule has 0 aliphatic carbocycles. The lowest BCUT2D eigenvalue weighted by molar-refractivity contribution is -0.141. The molecular weight excluding hydrogens is 374 g/mol. The van der Waals surface area contributed by atoms with Crippen molar-refractivity contribution in [3.63, 3.8) is 0 Å². The van der Waals surface area contributed by atoms with Gasteiger partial charge >= 0.3 is 0 Å². The number of carbonyl (C=O) groups is 2. The summed E-state index contributed by atoms with van der Waals surface area (Å²) in [5, 5.41) is 0.410. The van der Waals surface area contributed by atoms with Crippen LogP contribution in [-0.2, 0) is 9.53 Å². The van der Waals surface area contributed by atoms with Crippen molar-refractivity contribution in [3.05, 3.63) is 40.2 Å². The number of amides is 2. The molecule has 29 heavy (non-hydrogen) atoms. The van der Waals surface area contributed by atoms with E-state index in [0.717, 1.165) is 12.8 Å². The van der Waals surface area contributed by atoms with E-state index in [4.69, 9.17) is 9.47 Å². The van der Waals surface area contributed by atoms with E-state index in [9.17, 15) is 14.4 Å². The zero-order valence-electron chi connectivity index (χ0n) is 16.5. The predicted octanol–water partition coefficient (Wildman–Crippen LogP) is 1.25. The molecule has 0 bridgehead atoms. The number of H-pyrrole nitrogens is 1. The van der Waals surface area contributed by atoms with Gasteiger partial charge in [0, 0.05) is 32.4 Å². The SMILES string of the molecule is COc1cccc2c(=O)c(C(=O)N3CCC[C@H](C(=O)N4CCOCC4)C3)c[nH]c12. The first-order valence-electron chi connectivity index (χ1n) is 9.94. The number of likely N-dealkylation sites (tertiary alicyclic amines) is 1. The highest BCUT2D eigenvalue weighted by Crippen LogP contribution is 2.23. The van der Waals surface area contributed by atoms with Gasteiger partial charge in [-0.2, -0.15) is 0 Å². The smallest absolute Gasteiger partial charge is 0.259 e. The van der Waals surface area contributed by atoms with Crippen LogP contribution >= 0.6 is 0 Å². The Bertz CT molecular complexity index is 980. The van der Waals surface area contributed by atoms with Gasteiger partial charge in [0.2, 0.25) is 11.3 Å². The number of aromatic nitrogens is 1. The van der Waals surface area contributed by atoms with Crippen LogP contribution < -0.4 is 10.2 Å². The molecule has 3 heterocycles. The van der Waals surface area contributed by atoms with Crippen LogP contribution in [0.4, 0.5) is 0 Å². The van der Waals surface area contributed by atoms with E-state index in [1.54, 1.807) is 23.1 Å². The quantitative estimate of drug-likeness (QED) is 0.839. The standard InChI is InChI=1S/C21H25N3O5/c1-28-17-6-2-5-15-18(17)22-12-16(19(15)25)21(27)24-7-3-4-14(13-24)20(26)23-8-10-29-11-9-23/h2,5-6,12,14H,3-4,7-11,13H2,1H3,(H,22,25)/t14-/m0/s1. The zero-order valence-corrected chi connectivity index (χ0v) is 16.5. The Balaban J connectivity index is 1.55. The number of aromatic amines is 1. The number of rotatable bonds is 3. The maximum atomic E-state index is 13.1. The largest absolute Gasteiger partial charge is 0.495 e. The number of nitrogens with one attached hydrogen (secondary N) is 1. The van der Waals surface area contributed by atoms with Gasteiger partial charge in [0.15, 0.2) is 0 Å². The minimum absolute atomic E-state index is 0.0722. The second kappa shape index (κ2) is 8.24. The van der Waals surface area contributed by atoms with E-state index in [0.29, 0.717) is 56.0 Å². The summed E-state index contributed by atoms with van der Waals surface area (Å²) in [6, 6.07) is 5.16. The molecule has 8 nitrogen and oxygen atoms in total. The second-order valence-corrected chi connectivity index (χ2v) is 7.44. The number of hydrogen-bond acceptors (Lipinski definition) is 5. The van der Waals surface area contributed by atoms with Crippen molar-refractivity contribution < 1.29 is 19.1 Å². The van der Waals surface area contributed by atoms with Gasteiger partial charge in [-0.15, -0.1) is 0 Å². The molecule has 1 aromatic carbocycles. The number of piperidine rings is 1. The highest BCUT2D eigenvalue weighted by Gasteiger charge is 2.33. The van der Waals surface area contributed by atoms with E-state index in [1.165, 1.54) is 13.3 Å². The summed E-state index contributed by atoms with van der Waals surface area (Å²) in [5.41, 5.74) is 0.324. The zero-order chi connectivity index (χ0) is 20.4. The number of hydrogen-bond donors (Lipinski definition) is 1. The van der Waals surface area contributed by atoms with E-state index in [2.05, 4.69) is 4.98 Å². The van der Waals surface area contributed by atoms with Gasteiger partial charge in [0.25, 0.3) is 5.91 Å². The van der Waals surface area contributed by atoms with Crippen molar-refractivity contribution in [2.75, 3.05) is 46.5 Å². The van der Waals surface area contributed by atoms with Crippen LogP contribution in [0, 0.1) is 5.92 Å². The Morgan fingerprint density at radius 3 is 2.72 bits per heavy atom. The lowest BCUT2D eigenvalue weighted by Crippen LogP contribution is -2.50. The maximum absolute atomic E-state index is 13.1. The fourth-order valence-corrected chi connectivity index (χ4v) is 4.13. The van der Waals surface area contributed by atoms with Gasteiger partial charge in [-0.25, -0.2) is 0 Å². The molecule has 2 aliphatic heterocycles. The predicted molar refractivity (Wildman–Crippen MR) is 107 cm³/mol. The number of morpholine rings is 1. The topological polar surface area (TPSA) is 91.9 Å². The summed E-state index contributed by atoms with van der Waals surface area (Å²) in [6.07, 6.45) is 2.94. The Labute approximate surface area is 168 Å². The fourth-order valence-electron chi connectivity index (χ4n) is 4.13. The molecule has 0 unspecified atom stereocenters. The molecule has 2 fully saturated rings. The van der Waals surface area contributed by atoms with E-state index in [-0.39, 0.29) is 28.7 Å². The van der Waals surface area contributed by atoms with Crippen LogP contribution in [-0.4, -0.2) is 73.1 Å².